The third kappa shape index (κ3) is 5.31. The molecule has 0 aliphatic carbocycles. The summed E-state index contributed by atoms with van der Waals surface area (Å²) in [6.45, 7) is 5.27. The molecule has 0 saturated heterocycles. The minimum Gasteiger partial charge on any atom is -0.493 e. The van der Waals surface area contributed by atoms with Crippen LogP contribution in [0.2, 0.25) is 0 Å². The normalized spacial score (nSPS) is 12.3. The third-order valence-electron chi connectivity index (χ3n) is 4.70. The van der Waals surface area contributed by atoms with Crippen molar-refractivity contribution in [3.05, 3.63) is 72.1 Å². The average molecular weight is 408 g/mol. The van der Waals surface area contributed by atoms with E-state index in [-0.39, 0.29) is 6.04 Å². The smallest absolute Gasteiger partial charge is 0.191 e. The number of benzene rings is 2. The summed E-state index contributed by atoms with van der Waals surface area (Å²) >= 11 is 0. The largest absolute Gasteiger partial charge is 0.493 e. The second-order valence-electron chi connectivity index (χ2n) is 6.76. The van der Waals surface area contributed by atoms with Gasteiger partial charge in [0.15, 0.2) is 17.5 Å². The lowest BCUT2D eigenvalue weighted by Crippen LogP contribution is -2.38. The van der Waals surface area contributed by atoms with Crippen LogP contribution in [-0.2, 0) is 6.54 Å². The van der Waals surface area contributed by atoms with Crippen LogP contribution in [0.25, 0.3) is 5.69 Å². The molecule has 1 heterocycles. The van der Waals surface area contributed by atoms with E-state index in [9.17, 15) is 0 Å². The molecule has 0 amide bonds. The van der Waals surface area contributed by atoms with Gasteiger partial charge in [-0.2, -0.15) is 5.10 Å². The molecular weight excluding hydrogens is 378 g/mol. The molecule has 7 heteroatoms. The summed E-state index contributed by atoms with van der Waals surface area (Å²) in [7, 11) is 3.41. The Labute approximate surface area is 177 Å². The number of rotatable bonds is 8. The van der Waals surface area contributed by atoms with Crippen LogP contribution in [0.4, 0.5) is 0 Å². The average Bonchev–Trinajstić information content (AvgIpc) is 3.32. The Balaban J connectivity index is 1.63. The molecule has 3 aromatic rings. The predicted molar refractivity (Wildman–Crippen MR) is 119 cm³/mol. The van der Waals surface area contributed by atoms with E-state index < -0.39 is 0 Å². The van der Waals surface area contributed by atoms with Gasteiger partial charge in [0.05, 0.1) is 25.4 Å². The van der Waals surface area contributed by atoms with Crippen LogP contribution in [-0.4, -0.2) is 36.5 Å². The van der Waals surface area contributed by atoms with Crippen molar-refractivity contribution in [3.8, 4) is 17.2 Å². The number of aliphatic imine (C=N–C) groups is 1. The summed E-state index contributed by atoms with van der Waals surface area (Å²) in [5.41, 5.74) is 3.25. The van der Waals surface area contributed by atoms with E-state index >= 15 is 0 Å². The summed E-state index contributed by atoms with van der Waals surface area (Å²) < 4.78 is 12.9. The molecule has 1 unspecified atom stereocenters. The molecule has 0 saturated carbocycles. The minimum atomic E-state index is 0.0709. The number of nitrogens with zero attached hydrogens (tertiary/aromatic N) is 3. The van der Waals surface area contributed by atoms with Crippen LogP contribution in [0.1, 0.15) is 31.0 Å². The Kier molecular flexibility index (Phi) is 7.32. The maximum Gasteiger partial charge on any atom is 0.191 e. The van der Waals surface area contributed by atoms with E-state index in [0.29, 0.717) is 13.2 Å². The standard InChI is InChI=1S/C23H29N5O2/c1-5-30-22-14-18(10-11-21(22)29-4)16-25-23(24-3)27-17(2)19-8-6-9-20(15-19)28-13-7-12-26-28/h6-15,17H,5,16H2,1-4H3,(H2,24,25,27). The molecular formula is C23H29N5O2. The van der Waals surface area contributed by atoms with Gasteiger partial charge in [-0.1, -0.05) is 18.2 Å². The number of nitrogens with one attached hydrogen (secondary N) is 2. The summed E-state index contributed by atoms with van der Waals surface area (Å²) in [4.78, 5) is 4.35. The van der Waals surface area contributed by atoms with Gasteiger partial charge in [0, 0.05) is 26.0 Å². The first kappa shape index (κ1) is 21.2. The summed E-state index contributed by atoms with van der Waals surface area (Å²) in [5, 5.41) is 11.1. The highest BCUT2D eigenvalue weighted by atomic mass is 16.5. The molecule has 0 radical (unpaired) electrons. The zero-order valence-corrected chi connectivity index (χ0v) is 17.9. The number of guanidine groups is 1. The van der Waals surface area contributed by atoms with Crippen LogP contribution in [0.15, 0.2) is 65.9 Å². The molecule has 0 spiro atoms. The van der Waals surface area contributed by atoms with Gasteiger partial charge >= 0.3 is 0 Å². The lowest BCUT2D eigenvalue weighted by atomic mass is 10.1. The van der Waals surface area contributed by atoms with E-state index in [0.717, 1.165) is 34.3 Å². The highest BCUT2D eigenvalue weighted by molar-refractivity contribution is 5.80. The fourth-order valence-corrected chi connectivity index (χ4v) is 3.13. The molecule has 3 rings (SSSR count). The lowest BCUT2D eigenvalue weighted by molar-refractivity contribution is 0.310. The monoisotopic (exact) mass is 407 g/mol. The summed E-state index contributed by atoms with van der Waals surface area (Å²) in [5.74, 6) is 2.20. The first-order valence-corrected chi connectivity index (χ1v) is 10.0. The predicted octanol–water partition coefficient (Wildman–Crippen LogP) is 3.71. The van der Waals surface area contributed by atoms with E-state index in [1.807, 2.05) is 54.2 Å². The zero-order valence-electron chi connectivity index (χ0n) is 17.9. The number of ether oxygens (including phenoxy) is 2. The number of hydrogen-bond donors (Lipinski definition) is 2. The molecule has 0 aliphatic rings. The van der Waals surface area contributed by atoms with Crippen LogP contribution < -0.4 is 20.1 Å². The van der Waals surface area contributed by atoms with E-state index in [1.165, 1.54) is 0 Å². The van der Waals surface area contributed by atoms with Gasteiger partial charge < -0.3 is 20.1 Å². The highest BCUT2D eigenvalue weighted by Gasteiger charge is 2.10. The highest BCUT2D eigenvalue weighted by Crippen LogP contribution is 2.28. The maximum absolute atomic E-state index is 5.66. The lowest BCUT2D eigenvalue weighted by Gasteiger charge is -2.19. The molecule has 1 atom stereocenters. The second kappa shape index (κ2) is 10.3. The molecule has 0 bridgehead atoms. The molecule has 1 aromatic heterocycles. The minimum absolute atomic E-state index is 0.0709. The van der Waals surface area contributed by atoms with Crippen molar-refractivity contribution in [2.24, 2.45) is 4.99 Å². The molecule has 7 nitrogen and oxygen atoms in total. The Morgan fingerprint density at radius 1 is 1.17 bits per heavy atom. The van der Waals surface area contributed by atoms with Crippen molar-refractivity contribution >= 4 is 5.96 Å². The fourth-order valence-electron chi connectivity index (χ4n) is 3.13. The van der Waals surface area contributed by atoms with Crippen molar-refractivity contribution in [1.29, 1.82) is 0 Å². The van der Waals surface area contributed by atoms with Gasteiger partial charge in [0.25, 0.3) is 0 Å². The number of methoxy groups -OCH3 is 1. The fraction of sp³-hybridized carbons (Fsp3) is 0.304. The zero-order chi connectivity index (χ0) is 21.3. The molecule has 0 aliphatic heterocycles. The molecule has 2 N–H and O–H groups in total. The van der Waals surface area contributed by atoms with Crippen molar-refractivity contribution in [1.82, 2.24) is 20.4 Å². The molecule has 2 aromatic carbocycles. The van der Waals surface area contributed by atoms with E-state index in [1.54, 1.807) is 20.4 Å². The SMILES string of the molecule is CCOc1cc(CNC(=NC)NC(C)c2cccc(-n3cccn3)c2)ccc1OC. The number of hydrogen-bond acceptors (Lipinski definition) is 4. The van der Waals surface area contributed by atoms with Crippen LogP contribution >= 0.6 is 0 Å². The first-order chi connectivity index (χ1) is 14.6. The topological polar surface area (TPSA) is 72.7 Å². The Morgan fingerprint density at radius 3 is 2.73 bits per heavy atom. The van der Waals surface area contributed by atoms with E-state index in [2.05, 4.69) is 39.8 Å². The van der Waals surface area contributed by atoms with E-state index in [4.69, 9.17) is 9.47 Å². The van der Waals surface area contributed by atoms with Gasteiger partial charge in [0.2, 0.25) is 0 Å². The quantitative estimate of drug-likeness (QED) is 0.440. The van der Waals surface area contributed by atoms with Gasteiger partial charge in [-0.15, -0.1) is 0 Å². The van der Waals surface area contributed by atoms with Crippen molar-refractivity contribution in [3.63, 3.8) is 0 Å². The van der Waals surface area contributed by atoms with Crippen molar-refractivity contribution in [2.75, 3.05) is 20.8 Å². The third-order valence-corrected chi connectivity index (χ3v) is 4.70. The van der Waals surface area contributed by atoms with Crippen LogP contribution in [0.3, 0.4) is 0 Å². The first-order valence-electron chi connectivity index (χ1n) is 10.0. The van der Waals surface area contributed by atoms with Crippen LogP contribution in [0.5, 0.6) is 11.5 Å². The number of aromatic nitrogens is 2. The Hall–Kier alpha value is -3.48. The van der Waals surface area contributed by atoms with Gasteiger partial charge in [0.1, 0.15) is 0 Å². The van der Waals surface area contributed by atoms with Gasteiger partial charge in [-0.05, 0) is 55.3 Å². The molecule has 158 valence electrons. The Bertz CT molecular complexity index is 969. The summed E-state index contributed by atoms with van der Waals surface area (Å²) in [6.07, 6.45) is 3.71. The van der Waals surface area contributed by atoms with Gasteiger partial charge in [-0.3, -0.25) is 4.99 Å². The summed E-state index contributed by atoms with van der Waals surface area (Å²) in [6, 6.07) is 16.2. The molecule has 0 fully saturated rings. The van der Waals surface area contributed by atoms with Crippen LogP contribution in [0, 0.1) is 0 Å². The Morgan fingerprint density at radius 2 is 2.03 bits per heavy atom. The maximum atomic E-state index is 5.66. The van der Waals surface area contributed by atoms with Crippen molar-refractivity contribution < 1.29 is 9.47 Å². The second-order valence-corrected chi connectivity index (χ2v) is 6.76. The molecule has 30 heavy (non-hydrogen) atoms. The van der Waals surface area contributed by atoms with Gasteiger partial charge in [-0.25, -0.2) is 4.68 Å². The van der Waals surface area contributed by atoms with Crippen molar-refractivity contribution in [2.45, 2.75) is 26.4 Å².